The fourth-order valence-corrected chi connectivity index (χ4v) is 1.49. The molecule has 2 heterocycles. The zero-order valence-electron chi connectivity index (χ0n) is 8.53. The van der Waals surface area contributed by atoms with Gasteiger partial charge >= 0.3 is 0 Å². The molecule has 0 fully saturated rings. The molecule has 4 nitrogen and oxygen atoms in total. The summed E-state index contributed by atoms with van der Waals surface area (Å²) < 4.78 is 5.22. The average molecular weight is 203 g/mol. The summed E-state index contributed by atoms with van der Waals surface area (Å²) in [7, 11) is 0. The van der Waals surface area contributed by atoms with Gasteiger partial charge in [-0.05, 0) is 30.2 Å². The molecular formula is C11H13N3O. The molecule has 0 atom stereocenters. The van der Waals surface area contributed by atoms with Crippen LogP contribution in [0.4, 0.5) is 11.5 Å². The number of pyridine rings is 1. The average Bonchev–Trinajstić information content (AvgIpc) is 2.60. The molecule has 0 radical (unpaired) electrons. The highest BCUT2D eigenvalue weighted by molar-refractivity contribution is 5.63. The summed E-state index contributed by atoms with van der Waals surface area (Å²) in [5, 5.41) is 0. The van der Waals surface area contributed by atoms with Gasteiger partial charge in [0.1, 0.15) is 11.6 Å². The van der Waals surface area contributed by atoms with Crippen LogP contribution in [0.5, 0.6) is 0 Å². The van der Waals surface area contributed by atoms with Gasteiger partial charge in [-0.15, -0.1) is 0 Å². The van der Waals surface area contributed by atoms with Gasteiger partial charge in [0.15, 0.2) is 0 Å². The van der Waals surface area contributed by atoms with Crippen LogP contribution in [0.15, 0.2) is 29.0 Å². The monoisotopic (exact) mass is 203 g/mol. The van der Waals surface area contributed by atoms with Gasteiger partial charge < -0.3 is 15.9 Å². The predicted molar refractivity (Wildman–Crippen MR) is 59.3 cm³/mol. The van der Waals surface area contributed by atoms with Crippen molar-refractivity contribution >= 4 is 11.5 Å². The molecule has 15 heavy (non-hydrogen) atoms. The fourth-order valence-electron chi connectivity index (χ4n) is 1.49. The maximum Gasteiger partial charge on any atom is 0.146 e. The molecule has 0 saturated carbocycles. The molecule has 0 aliphatic heterocycles. The number of furan rings is 1. The summed E-state index contributed by atoms with van der Waals surface area (Å²) in [5.41, 5.74) is 14.1. The molecular weight excluding hydrogens is 190 g/mol. The van der Waals surface area contributed by atoms with Crippen molar-refractivity contribution in [3.63, 3.8) is 0 Å². The third-order valence-corrected chi connectivity index (χ3v) is 2.46. The van der Waals surface area contributed by atoms with Crippen molar-refractivity contribution in [1.29, 1.82) is 0 Å². The zero-order valence-corrected chi connectivity index (χ0v) is 8.53. The number of hydrogen-bond donors (Lipinski definition) is 2. The Hall–Kier alpha value is -1.97. The molecule has 0 aliphatic carbocycles. The summed E-state index contributed by atoms with van der Waals surface area (Å²) in [4.78, 5) is 3.92. The Morgan fingerprint density at radius 2 is 2.07 bits per heavy atom. The minimum atomic E-state index is 0.383. The third-order valence-electron chi connectivity index (χ3n) is 2.46. The molecule has 0 spiro atoms. The van der Waals surface area contributed by atoms with E-state index in [0.29, 0.717) is 11.5 Å². The number of nitrogen functional groups attached to an aromatic ring is 2. The van der Waals surface area contributed by atoms with Gasteiger partial charge in [-0.2, -0.15) is 0 Å². The first kappa shape index (κ1) is 9.58. The van der Waals surface area contributed by atoms with E-state index in [1.54, 1.807) is 12.5 Å². The largest absolute Gasteiger partial charge is 0.469 e. The van der Waals surface area contributed by atoms with Crippen LogP contribution in [-0.2, 0) is 6.42 Å². The molecule has 4 heteroatoms. The van der Waals surface area contributed by atoms with E-state index in [1.807, 2.05) is 19.1 Å². The number of rotatable bonds is 2. The van der Waals surface area contributed by atoms with Crippen LogP contribution < -0.4 is 11.5 Å². The Kier molecular flexibility index (Phi) is 2.33. The van der Waals surface area contributed by atoms with Crippen LogP contribution in [0.3, 0.4) is 0 Å². The number of nitrogens with two attached hydrogens (primary N) is 2. The third kappa shape index (κ3) is 1.79. The quantitative estimate of drug-likeness (QED) is 0.779. The maximum atomic E-state index is 5.83. The second kappa shape index (κ2) is 3.65. The van der Waals surface area contributed by atoms with Crippen molar-refractivity contribution in [1.82, 2.24) is 4.98 Å². The molecule has 0 saturated heterocycles. The molecule has 0 aliphatic rings. The minimum absolute atomic E-state index is 0.383. The first-order valence-electron chi connectivity index (χ1n) is 4.70. The fraction of sp³-hybridized carbons (Fsp3) is 0.182. The molecule has 2 rings (SSSR count). The van der Waals surface area contributed by atoms with E-state index in [4.69, 9.17) is 15.9 Å². The Bertz CT molecular complexity index is 476. The lowest BCUT2D eigenvalue weighted by Gasteiger charge is -2.06. The van der Waals surface area contributed by atoms with E-state index < -0.39 is 0 Å². The SMILES string of the molecule is Cc1occc1Cc1ccnc(N)c1N. The zero-order chi connectivity index (χ0) is 10.8. The van der Waals surface area contributed by atoms with Crippen molar-refractivity contribution in [2.24, 2.45) is 0 Å². The lowest BCUT2D eigenvalue weighted by Crippen LogP contribution is -2.02. The Balaban J connectivity index is 2.33. The van der Waals surface area contributed by atoms with E-state index >= 15 is 0 Å². The molecule has 2 aromatic rings. The Morgan fingerprint density at radius 3 is 2.73 bits per heavy atom. The lowest BCUT2D eigenvalue weighted by atomic mass is 10.1. The number of aryl methyl sites for hydroxylation is 1. The highest BCUT2D eigenvalue weighted by Crippen LogP contribution is 2.22. The summed E-state index contributed by atoms with van der Waals surface area (Å²) in [6, 6.07) is 3.81. The first-order chi connectivity index (χ1) is 7.18. The van der Waals surface area contributed by atoms with Crippen LogP contribution in [0.2, 0.25) is 0 Å². The molecule has 0 bridgehead atoms. The van der Waals surface area contributed by atoms with E-state index in [0.717, 1.165) is 23.3 Å². The Morgan fingerprint density at radius 1 is 1.27 bits per heavy atom. The summed E-state index contributed by atoms with van der Waals surface area (Å²) in [5.74, 6) is 1.29. The van der Waals surface area contributed by atoms with Gasteiger partial charge in [-0.3, -0.25) is 0 Å². The van der Waals surface area contributed by atoms with Crippen molar-refractivity contribution in [3.05, 3.63) is 41.5 Å². The van der Waals surface area contributed by atoms with Crippen molar-refractivity contribution in [2.75, 3.05) is 11.5 Å². The summed E-state index contributed by atoms with van der Waals surface area (Å²) >= 11 is 0. The maximum absolute atomic E-state index is 5.83. The standard InChI is InChI=1S/C11H13N3O/c1-7-8(3-5-15-7)6-9-2-4-14-11(13)10(9)12/h2-5H,6,12H2,1H3,(H2,13,14). The summed E-state index contributed by atoms with van der Waals surface area (Å²) in [6.07, 6.45) is 4.06. The van der Waals surface area contributed by atoms with Crippen LogP contribution >= 0.6 is 0 Å². The van der Waals surface area contributed by atoms with E-state index in [9.17, 15) is 0 Å². The topological polar surface area (TPSA) is 78.1 Å². The number of aromatic nitrogens is 1. The van der Waals surface area contributed by atoms with Crippen LogP contribution in [0.25, 0.3) is 0 Å². The van der Waals surface area contributed by atoms with Gasteiger partial charge in [-0.1, -0.05) is 0 Å². The highest BCUT2D eigenvalue weighted by atomic mass is 16.3. The van der Waals surface area contributed by atoms with Crippen molar-refractivity contribution in [3.8, 4) is 0 Å². The van der Waals surface area contributed by atoms with E-state index in [1.165, 1.54) is 0 Å². The second-order valence-corrected chi connectivity index (χ2v) is 3.45. The minimum Gasteiger partial charge on any atom is -0.469 e. The summed E-state index contributed by atoms with van der Waals surface area (Å²) in [6.45, 7) is 1.93. The van der Waals surface area contributed by atoms with E-state index in [2.05, 4.69) is 4.98 Å². The Labute approximate surface area is 87.9 Å². The number of nitrogens with zero attached hydrogens (tertiary/aromatic N) is 1. The molecule has 0 aromatic carbocycles. The van der Waals surface area contributed by atoms with Gasteiger partial charge in [0.05, 0.1) is 12.0 Å². The highest BCUT2D eigenvalue weighted by Gasteiger charge is 2.07. The van der Waals surface area contributed by atoms with Crippen LogP contribution in [-0.4, -0.2) is 4.98 Å². The molecule has 0 unspecified atom stereocenters. The number of hydrogen-bond acceptors (Lipinski definition) is 4. The van der Waals surface area contributed by atoms with Gasteiger partial charge in [0.2, 0.25) is 0 Å². The molecule has 78 valence electrons. The van der Waals surface area contributed by atoms with Crippen molar-refractivity contribution < 1.29 is 4.42 Å². The lowest BCUT2D eigenvalue weighted by molar-refractivity contribution is 0.530. The van der Waals surface area contributed by atoms with Crippen LogP contribution in [0, 0.1) is 6.92 Å². The van der Waals surface area contributed by atoms with Gasteiger partial charge in [-0.25, -0.2) is 4.98 Å². The smallest absolute Gasteiger partial charge is 0.146 e. The first-order valence-corrected chi connectivity index (χ1v) is 4.70. The molecule has 4 N–H and O–H groups in total. The normalized spacial score (nSPS) is 10.5. The number of anilines is 2. The molecule has 2 aromatic heterocycles. The second-order valence-electron chi connectivity index (χ2n) is 3.45. The van der Waals surface area contributed by atoms with Gasteiger partial charge in [0, 0.05) is 12.6 Å². The molecule has 0 amide bonds. The van der Waals surface area contributed by atoms with Crippen molar-refractivity contribution in [2.45, 2.75) is 13.3 Å². The van der Waals surface area contributed by atoms with E-state index in [-0.39, 0.29) is 0 Å². The van der Waals surface area contributed by atoms with Crippen LogP contribution in [0.1, 0.15) is 16.9 Å². The predicted octanol–water partition coefficient (Wildman–Crippen LogP) is 1.74. The van der Waals surface area contributed by atoms with Gasteiger partial charge in [0.25, 0.3) is 0 Å².